The van der Waals surface area contributed by atoms with Crippen molar-refractivity contribution in [1.29, 1.82) is 0 Å². The summed E-state index contributed by atoms with van der Waals surface area (Å²) < 4.78 is 5.50. The number of carbonyl (C=O) groups is 1. The highest BCUT2D eigenvalue weighted by molar-refractivity contribution is 6.33. The Hall–Kier alpha value is -2.00. The first-order valence-electron chi connectivity index (χ1n) is 5.35. The molecule has 0 aliphatic heterocycles. The van der Waals surface area contributed by atoms with E-state index in [1.165, 1.54) is 6.07 Å². The van der Waals surface area contributed by atoms with Crippen molar-refractivity contribution in [1.82, 2.24) is 0 Å². The largest absolute Gasteiger partial charge is 0.505 e. The number of hydrogen-bond donors (Lipinski definition) is 1. The first-order chi connectivity index (χ1) is 8.72. The van der Waals surface area contributed by atoms with Crippen molar-refractivity contribution in [2.45, 2.75) is 6.61 Å². The van der Waals surface area contributed by atoms with E-state index in [2.05, 4.69) is 0 Å². The number of rotatable bonds is 4. The van der Waals surface area contributed by atoms with Crippen LogP contribution in [0.3, 0.4) is 0 Å². The summed E-state index contributed by atoms with van der Waals surface area (Å²) >= 11 is 5.91. The number of carbonyl (C=O) groups excluding carboxylic acids is 1. The second kappa shape index (κ2) is 5.56. The Morgan fingerprint density at radius 2 is 1.89 bits per heavy atom. The molecule has 0 atom stereocenters. The van der Waals surface area contributed by atoms with Gasteiger partial charge in [0.2, 0.25) is 0 Å². The molecule has 1 N–H and O–H groups in total. The molecule has 0 unspecified atom stereocenters. The summed E-state index contributed by atoms with van der Waals surface area (Å²) in [7, 11) is 0. The normalized spacial score (nSPS) is 10.1. The van der Waals surface area contributed by atoms with Crippen LogP contribution in [0.5, 0.6) is 11.5 Å². The molecule has 18 heavy (non-hydrogen) atoms. The Morgan fingerprint density at radius 3 is 2.56 bits per heavy atom. The van der Waals surface area contributed by atoms with E-state index in [4.69, 9.17) is 16.3 Å². The van der Waals surface area contributed by atoms with Gasteiger partial charge in [0.1, 0.15) is 23.1 Å². The highest BCUT2D eigenvalue weighted by Gasteiger charge is 2.11. The Bertz CT molecular complexity index is 552. The molecule has 0 amide bonds. The lowest BCUT2D eigenvalue weighted by atomic mass is 10.2. The van der Waals surface area contributed by atoms with Crippen LogP contribution in [0.4, 0.5) is 0 Å². The molecule has 0 heterocycles. The maximum Gasteiger partial charge on any atom is 0.153 e. The molecule has 4 heteroatoms. The zero-order chi connectivity index (χ0) is 13.0. The van der Waals surface area contributed by atoms with E-state index >= 15 is 0 Å². The molecular weight excluding hydrogens is 252 g/mol. The second-order valence-corrected chi connectivity index (χ2v) is 4.09. The Balaban J connectivity index is 2.15. The van der Waals surface area contributed by atoms with E-state index in [1.54, 1.807) is 6.07 Å². The van der Waals surface area contributed by atoms with Crippen molar-refractivity contribution >= 4 is 17.9 Å². The van der Waals surface area contributed by atoms with Crippen molar-refractivity contribution in [3.05, 3.63) is 58.6 Å². The first-order valence-corrected chi connectivity index (χ1v) is 5.73. The summed E-state index contributed by atoms with van der Waals surface area (Å²) in [6.45, 7) is 0.348. The summed E-state index contributed by atoms with van der Waals surface area (Å²) in [5, 5.41) is 9.68. The summed E-state index contributed by atoms with van der Waals surface area (Å²) in [6, 6.07) is 12.6. The fourth-order valence-corrected chi connectivity index (χ4v) is 1.73. The van der Waals surface area contributed by atoms with Crippen LogP contribution in [0.15, 0.2) is 42.5 Å². The Morgan fingerprint density at radius 1 is 1.17 bits per heavy atom. The molecule has 0 saturated carbocycles. The lowest BCUT2D eigenvalue weighted by Gasteiger charge is -2.10. The van der Waals surface area contributed by atoms with Crippen molar-refractivity contribution in [3.8, 4) is 11.5 Å². The lowest BCUT2D eigenvalue weighted by Crippen LogP contribution is -1.96. The molecule has 0 aliphatic rings. The number of ether oxygens (including phenoxy) is 1. The molecule has 0 aromatic heterocycles. The molecule has 0 spiro atoms. The third-order valence-electron chi connectivity index (χ3n) is 2.48. The lowest BCUT2D eigenvalue weighted by molar-refractivity contribution is 0.112. The van der Waals surface area contributed by atoms with Gasteiger partial charge in [-0.25, -0.2) is 0 Å². The van der Waals surface area contributed by atoms with Crippen LogP contribution in [0.2, 0.25) is 5.02 Å². The smallest absolute Gasteiger partial charge is 0.153 e. The van der Waals surface area contributed by atoms with Gasteiger partial charge in [-0.3, -0.25) is 4.79 Å². The molecule has 2 rings (SSSR count). The van der Waals surface area contributed by atoms with Crippen molar-refractivity contribution in [2.75, 3.05) is 0 Å². The number of benzene rings is 2. The average molecular weight is 263 g/mol. The Labute approximate surface area is 110 Å². The minimum Gasteiger partial charge on any atom is -0.505 e. The first kappa shape index (κ1) is 12.5. The van der Waals surface area contributed by atoms with Crippen LogP contribution < -0.4 is 4.74 Å². The van der Waals surface area contributed by atoms with Gasteiger partial charge in [0, 0.05) is 0 Å². The van der Waals surface area contributed by atoms with Gasteiger partial charge in [-0.15, -0.1) is 0 Å². The maximum absolute atomic E-state index is 10.6. The van der Waals surface area contributed by atoms with Crippen LogP contribution in [-0.2, 0) is 6.61 Å². The predicted octanol–water partition coefficient (Wildman–Crippen LogP) is 3.44. The third kappa shape index (κ3) is 2.63. The third-order valence-corrected chi connectivity index (χ3v) is 2.84. The summed E-state index contributed by atoms with van der Waals surface area (Å²) in [5.41, 5.74) is 1.14. The SMILES string of the molecule is O=Cc1ccc(OCc2ccccc2)c(Cl)c1O. The van der Waals surface area contributed by atoms with Crippen LogP contribution in [-0.4, -0.2) is 11.4 Å². The maximum atomic E-state index is 10.6. The van der Waals surface area contributed by atoms with Gasteiger partial charge in [-0.05, 0) is 17.7 Å². The molecule has 0 saturated heterocycles. The van der Waals surface area contributed by atoms with Crippen LogP contribution in [0.25, 0.3) is 0 Å². The molecule has 2 aromatic rings. The summed E-state index contributed by atoms with van der Waals surface area (Å²) in [5.74, 6) is 0.0980. The summed E-state index contributed by atoms with van der Waals surface area (Å²) in [4.78, 5) is 10.6. The minimum absolute atomic E-state index is 0.0514. The van der Waals surface area contributed by atoms with Crippen LogP contribution in [0.1, 0.15) is 15.9 Å². The number of phenolic OH excluding ortho intramolecular Hbond substituents is 1. The Kier molecular flexibility index (Phi) is 3.85. The number of aldehydes is 1. The van der Waals surface area contributed by atoms with E-state index in [9.17, 15) is 9.90 Å². The fraction of sp³-hybridized carbons (Fsp3) is 0.0714. The van der Waals surface area contributed by atoms with Gasteiger partial charge < -0.3 is 9.84 Å². The standard InChI is InChI=1S/C14H11ClO3/c15-13-12(7-6-11(8-16)14(13)17)18-9-10-4-2-1-3-5-10/h1-8,17H,9H2. The molecular formula is C14H11ClO3. The van der Waals surface area contributed by atoms with E-state index in [0.717, 1.165) is 5.56 Å². The van der Waals surface area contributed by atoms with Crippen molar-refractivity contribution in [2.24, 2.45) is 0 Å². The van der Waals surface area contributed by atoms with Crippen molar-refractivity contribution < 1.29 is 14.6 Å². The van der Waals surface area contributed by atoms with Crippen LogP contribution in [0, 0.1) is 0 Å². The minimum atomic E-state index is -0.253. The molecule has 3 nitrogen and oxygen atoms in total. The van der Waals surface area contributed by atoms with Gasteiger partial charge in [0.05, 0.1) is 5.56 Å². The quantitative estimate of drug-likeness (QED) is 0.859. The van der Waals surface area contributed by atoms with Crippen molar-refractivity contribution in [3.63, 3.8) is 0 Å². The van der Waals surface area contributed by atoms with Gasteiger partial charge in [-0.1, -0.05) is 41.9 Å². The zero-order valence-electron chi connectivity index (χ0n) is 9.47. The van der Waals surface area contributed by atoms with Gasteiger partial charge in [0.25, 0.3) is 0 Å². The second-order valence-electron chi connectivity index (χ2n) is 3.71. The van der Waals surface area contributed by atoms with Gasteiger partial charge in [-0.2, -0.15) is 0 Å². The molecule has 92 valence electrons. The van der Waals surface area contributed by atoms with E-state index in [-0.39, 0.29) is 16.3 Å². The van der Waals surface area contributed by atoms with Gasteiger partial charge in [0.15, 0.2) is 6.29 Å². The van der Waals surface area contributed by atoms with Gasteiger partial charge >= 0.3 is 0 Å². The highest BCUT2D eigenvalue weighted by atomic mass is 35.5. The highest BCUT2D eigenvalue weighted by Crippen LogP contribution is 2.35. The molecule has 2 aromatic carbocycles. The monoisotopic (exact) mass is 262 g/mol. The molecule has 0 aliphatic carbocycles. The molecule has 0 radical (unpaired) electrons. The number of hydrogen-bond acceptors (Lipinski definition) is 3. The fourth-order valence-electron chi connectivity index (χ4n) is 1.50. The zero-order valence-corrected chi connectivity index (χ0v) is 10.2. The van der Waals surface area contributed by atoms with E-state index in [1.807, 2.05) is 30.3 Å². The summed E-state index contributed by atoms with van der Waals surface area (Å²) in [6.07, 6.45) is 0.544. The number of aromatic hydroxyl groups is 1. The molecule has 0 bridgehead atoms. The van der Waals surface area contributed by atoms with Crippen LogP contribution >= 0.6 is 11.6 Å². The van der Waals surface area contributed by atoms with E-state index < -0.39 is 0 Å². The molecule has 0 fully saturated rings. The topological polar surface area (TPSA) is 46.5 Å². The number of halogens is 1. The van der Waals surface area contributed by atoms with E-state index in [0.29, 0.717) is 18.6 Å². The average Bonchev–Trinajstić information content (AvgIpc) is 2.42. The predicted molar refractivity (Wildman–Crippen MR) is 69.3 cm³/mol. The number of phenols is 1.